The van der Waals surface area contributed by atoms with Crippen molar-refractivity contribution >= 4 is 33.4 Å². The lowest BCUT2D eigenvalue weighted by molar-refractivity contribution is -0.161. The summed E-state index contributed by atoms with van der Waals surface area (Å²) < 4.78 is 56.5. The van der Waals surface area contributed by atoms with Crippen LogP contribution >= 0.6 is 15.6 Å². The molecule has 380 valence electrons. The Morgan fingerprint density at radius 3 is 2.06 bits per heavy atom. The van der Waals surface area contributed by atoms with Gasteiger partial charge in [0.25, 0.3) is 0 Å². The van der Waals surface area contributed by atoms with Crippen molar-refractivity contribution in [1.29, 1.82) is 0 Å². The Morgan fingerprint density at radius 2 is 1.42 bits per heavy atom. The molecular weight excluding hydrogens is 912 g/mol. The quantitative estimate of drug-likeness (QED) is 0.0124. The Bertz CT molecular complexity index is 1890. The number of aliphatic hydroxyl groups is 3. The van der Waals surface area contributed by atoms with Gasteiger partial charge in [-0.1, -0.05) is 133 Å². The van der Waals surface area contributed by atoms with Gasteiger partial charge in [0.1, 0.15) is 30.7 Å². The van der Waals surface area contributed by atoms with Gasteiger partial charge in [0.15, 0.2) is 12.3 Å². The number of carbonyl (C=O) groups is 2. The van der Waals surface area contributed by atoms with Crippen molar-refractivity contribution in [2.75, 3.05) is 25.6 Å². The normalized spacial score (nSPS) is 20.7. The third-order valence-electron chi connectivity index (χ3n) is 10.2. The highest BCUT2D eigenvalue weighted by Gasteiger charge is 2.46. The van der Waals surface area contributed by atoms with Crippen molar-refractivity contribution in [2.45, 2.75) is 167 Å². The summed E-state index contributed by atoms with van der Waals surface area (Å²) in [4.78, 5) is 61.7. The van der Waals surface area contributed by atoms with Crippen LogP contribution in [0, 0.1) is 5.92 Å². The van der Waals surface area contributed by atoms with Crippen molar-refractivity contribution < 1.29 is 71.4 Å². The van der Waals surface area contributed by atoms with E-state index < -0.39 is 89.8 Å². The first-order valence-corrected chi connectivity index (χ1v) is 26.3. The van der Waals surface area contributed by atoms with E-state index in [2.05, 4.69) is 41.4 Å². The number of nitrogens with zero attached hydrogens (tertiary/aromatic N) is 2. The van der Waals surface area contributed by atoms with Crippen LogP contribution in [0.5, 0.6) is 0 Å². The van der Waals surface area contributed by atoms with Gasteiger partial charge in [-0.05, 0) is 56.9 Å². The molecule has 1 aliphatic heterocycles. The number of nitrogens with two attached hydrogens (primary N) is 1. The first-order valence-electron chi connectivity index (χ1n) is 23.3. The first-order chi connectivity index (χ1) is 31.9. The van der Waals surface area contributed by atoms with Gasteiger partial charge >= 0.3 is 33.3 Å². The molecule has 0 saturated carbocycles. The first kappa shape index (κ1) is 59.5. The molecule has 1 saturated heterocycles. The molecule has 0 spiro atoms. The van der Waals surface area contributed by atoms with Crippen molar-refractivity contribution in [3.05, 3.63) is 83.5 Å². The van der Waals surface area contributed by atoms with Gasteiger partial charge in [0.05, 0.1) is 19.3 Å². The van der Waals surface area contributed by atoms with Crippen LogP contribution in [0.4, 0.5) is 5.82 Å². The molecular formula is C46H75N3O16P2. The number of ether oxygens (including phenoxy) is 3. The molecule has 2 unspecified atom stereocenters. The van der Waals surface area contributed by atoms with Gasteiger partial charge in [0, 0.05) is 19.0 Å². The van der Waals surface area contributed by atoms with E-state index >= 15 is 0 Å². The molecule has 0 radical (unpaired) electrons. The molecule has 19 nitrogen and oxygen atoms in total. The Hall–Kier alpha value is -3.58. The summed E-state index contributed by atoms with van der Waals surface area (Å²) in [5.41, 5.74) is 4.57. The van der Waals surface area contributed by atoms with E-state index in [4.69, 9.17) is 29.0 Å². The zero-order valence-electron chi connectivity index (χ0n) is 39.2. The number of aliphatic hydroxyl groups excluding tert-OH is 3. The fourth-order valence-corrected chi connectivity index (χ4v) is 8.54. The average molecular weight is 988 g/mol. The molecule has 0 aromatic carbocycles. The van der Waals surface area contributed by atoms with Crippen LogP contribution in [0.2, 0.25) is 0 Å². The zero-order valence-corrected chi connectivity index (χ0v) is 41.0. The second-order valence-corrected chi connectivity index (χ2v) is 19.6. The second-order valence-electron chi connectivity index (χ2n) is 16.6. The predicted octanol–water partition coefficient (Wildman–Crippen LogP) is 7.60. The molecule has 1 fully saturated rings. The van der Waals surface area contributed by atoms with E-state index in [1.165, 1.54) is 31.7 Å². The molecule has 2 rings (SSSR count). The number of carbonyl (C=O) groups excluding carboxylic acids is 2. The summed E-state index contributed by atoms with van der Waals surface area (Å²) >= 11 is 0. The minimum Gasteiger partial charge on any atom is -0.462 e. The number of unbranched alkanes of at least 4 members (excludes halogenated alkanes) is 8. The number of phosphoric ester groups is 2. The number of rotatable bonds is 36. The molecule has 8 atom stereocenters. The zero-order chi connectivity index (χ0) is 49.5. The van der Waals surface area contributed by atoms with Gasteiger partial charge in [-0.25, -0.2) is 13.9 Å². The highest BCUT2D eigenvalue weighted by molar-refractivity contribution is 7.61. The van der Waals surface area contributed by atoms with Crippen molar-refractivity contribution in [3.8, 4) is 0 Å². The van der Waals surface area contributed by atoms with E-state index in [0.29, 0.717) is 31.6 Å². The Labute approximate surface area is 395 Å². The Kier molecular flexibility index (Phi) is 30.1. The fraction of sp³-hybridized carbons (Fsp3) is 0.652. The molecule has 1 aromatic rings. The monoisotopic (exact) mass is 987 g/mol. The van der Waals surface area contributed by atoms with Crippen molar-refractivity contribution in [1.82, 2.24) is 9.55 Å². The minimum atomic E-state index is -5.44. The van der Waals surface area contributed by atoms with Gasteiger partial charge in [-0.3, -0.25) is 23.2 Å². The minimum absolute atomic E-state index is 0.0278. The number of anilines is 1. The lowest BCUT2D eigenvalue weighted by Crippen LogP contribution is -2.36. The smallest absolute Gasteiger partial charge is 0.462 e. The summed E-state index contributed by atoms with van der Waals surface area (Å²) in [7, 11) is -10.9. The molecule has 0 aliphatic carbocycles. The topological polar surface area (TPSA) is 286 Å². The van der Waals surface area contributed by atoms with Crippen LogP contribution in [-0.4, -0.2) is 96.9 Å². The SMILES string of the molecule is CC[C@H](O)/C=C/C=C\C/C=C\C/C=C\C/C=C\CCCC(=O)OC[C@H](COP(=O)(O)OP(=O)(O)OC[C@H]1O[C@@H](n2ccc(N)nc2=O)[C@H](O)[C@@H]1O)OC(=O)CCCCCCCCCCC(C)C. The molecule has 1 aromatic heterocycles. The largest absolute Gasteiger partial charge is 0.481 e. The molecule has 67 heavy (non-hydrogen) atoms. The predicted molar refractivity (Wildman–Crippen MR) is 253 cm³/mol. The maximum Gasteiger partial charge on any atom is 0.481 e. The summed E-state index contributed by atoms with van der Waals surface area (Å²) in [6.07, 6.45) is 25.9. The molecule has 2 heterocycles. The molecule has 0 bridgehead atoms. The highest BCUT2D eigenvalue weighted by Crippen LogP contribution is 2.60. The number of hydrogen-bond acceptors (Lipinski definition) is 16. The molecule has 1 aliphatic rings. The van der Waals surface area contributed by atoms with E-state index in [-0.39, 0.29) is 18.7 Å². The van der Waals surface area contributed by atoms with Gasteiger partial charge in [-0.15, -0.1) is 0 Å². The molecule has 0 amide bonds. The van der Waals surface area contributed by atoms with Crippen LogP contribution in [0.25, 0.3) is 0 Å². The maximum absolute atomic E-state index is 12.8. The standard InChI is InChI=1S/C46H75N3O16P2/c1-4-37(50)28-24-20-16-11-9-7-5-6-8-10-12-17-21-25-29-41(51)60-33-38(63-42(52)30-26-22-18-14-13-15-19-23-27-36(2)3)34-61-66(56,57)65-67(58,59)62-35-39-43(53)44(54)45(64-39)49-32-31-40(47)48-46(49)55/h6-9,12,16-17,20,24,28,31-32,36-39,43-45,50,53-54H,4-5,10-11,13-15,18-19,21-23,25-27,29-30,33-35H2,1-3H3,(H,56,57)(H,58,59)(H2,47,48,55)/b8-6-,9-7-,17-12-,20-16-,28-24+/t37-,38+,39+,43+,44+,45+/m0/s1. The van der Waals surface area contributed by atoms with E-state index in [1.807, 2.05) is 43.4 Å². The number of esters is 2. The lowest BCUT2D eigenvalue weighted by Gasteiger charge is -2.21. The number of aromatic nitrogens is 2. The van der Waals surface area contributed by atoms with Crippen LogP contribution < -0.4 is 11.4 Å². The van der Waals surface area contributed by atoms with Crippen LogP contribution in [0.1, 0.15) is 136 Å². The second kappa shape index (κ2) is 33.8. The maximum atomic E-state index is 12.8. The number of phosphoric acid groups is 2. The summed E-state index contributed by atoms with van der Waals surface area (Å²) in [6, 6.07) is 1.24. The number of nitrogen functional groups attached to an aromatic ring is 1. The third-order valence-corrected chi connectivity index (χ3v) is 12.8. The Morgan fingerprint density at radius 1 is 0.821 bits per heavy atom. The summed E-state index contributed by atoms with van der Waals surface area (Å²) in [5.74, 6) is -0.695. The average Bonchev–Trinajstić information content (AvgIpc) is 3.55. The summed E-state index contributed by atoms with van der Waals surface area (Å²) in [5, 5.41) is 30.4. The van der Waals surface area contributed by atoms with E-state index in [0.717, 1.165) is 55.7 Å². The van der Waals surface area contributed by atoms with Gasteiger partial charge in [-0.2, -0.15) is 9.29 Å². The lowest BCUT2D eigenvalue weighted by atomic mass is 10.0. The number of hydrogen-bond donors (Lipinski definition) is 6. The van der Waals surface area contributed by atoms with Crippen LogP contribution in [0.15, 0.2) is 77.8 Å². The van der Waals surface area contributed by atoms with E-state index in [1.54, 1.807) is 6.08 Å². The van der Waals surface area contributed by atoms with E-state index in [9.17, 15) is 48.6 Å². The van der Waals surface area contributed by atoms with Crippen LogP contribution in [-0.2, 0) is 46.3 Å². The van der Waals surface area contributed by atoms with Crippen molar-refractivity contribution in [3.63, 3.8) is 0 Å². The number of allylic oxidation sites excluding steroid dienone is 9. The Balaban J connectivity index is 1.85. The third kappa shape index (κ3) is 27.9. The van der Waals surface area contributed by atoms with Crippen molar-refractivity contribution in [2.24, 2.45) is 5.92 Å². The molecule has 7 N–H and O–H groups in total. The highest BCUT2D eigenvalue weighted by atomic mass is 31.3. The van der Waals surface area contributed by atoms with Gasteiger partial charge < -0.3 is 45.1 Å². The fourth-order valence-electron chi connectivity index (χ4n) is 6.42. The van der Waals surface area contributed by atoms with Crippen LogP contribution in [0.3, 0.4) is 0 Å². The summed E-state index contributed by atoms with van der Waals surface area (Å²) in [6.45, 7) is 3.97. The van der Waals surface area contributed by atoms with Gasteiger partial charge in [0.2, 0.25) is 0 Å². The molecule has 21 heteroatoms.